The number of nitrogens with one attached hydrogen (secondary N) is 1. The van der Waals surface area contributed by atoms with E-state index in [0.29, 0.717) is 46.2 Å². The summed E-state index contributed by atoms with van der Waals surface area (Å²) in [6.07, 6.45) is 6.27. The number of halogens is 1. The Morgan fingerprint density at radius 3 is 2.70 bits per heavy atom. The Balaban J connectivity index is 1.45. The molecule has 33 heavy (non-hydrogen) atoms. The molecule has 4 aromatic rings. The molecule has 0 amide bonds. The molecule has 3 heterocycles. The molecule has 168 valence electrons. The van der Waals surface area contributed by atoms with Crippen molar-refractivity contribution in [1.82, 2.24) is 20.2 Å². The van der Waals surface area contributed by atoms with E-state index in [1.807, 2.05) is 12.1 Å². The van der Waals surface area contributed by atoms with Crippen LogP contribution in [0.15, 0.2) is 47.1 Å². The summed E-state index contributed by atoms with van der Waals surface area (Å²) in [6.45, 7) is 0. The molecule has 7 nitrogen and oxygen atoms in total. The number of carboxylic acid groups (broad SMARTS) is 1. The number of carboxylic acids is 1. The predicted octanol–water partition coefficient (Wildman–Crippen LogP) is 5.10. The first-order chi connectivity index (χ1) is 16.1. The normalized spacial score (nSPS) is 24.4. The zero-order valence-electron chi connectivity index (χ0n) is 17.9. The molecule has 0 saturated heterocycles. The van der Waals surface area contributed by atoms with Gasteiger partial charge in [-0.25, -0.2) is 14.4 Å². The maximum absolute atomic E-state index is 14.0. The van der Waals surface area contributed by atoms with E-state index in [1.165, 1.54) is 12.1 Å². The second-order valence-corrected chi connectivity index (χ2v) is 9.21. The summed E-state index contributed by atoms with van der Waals surface area (Å²) in [5.74, 6) is 0.204. The van der Waals surface area contributed by atoms with Crippen LogP contribution in [0.1, 0.15) is 31.4 Å². The highest BCUT2D eigenvalue weighted by Gasteiger charge is 2.47. The Labute approximate surface area is 189 Å². The second-order valence-electron chi connectivity index (χ2n) is 9.21. The molecule has 0 aliphatic heterocycles. The van der Waals surface area contributed by atoms with Crippen molar-refractivity contribution in [2.75, 3.05) is 0 Å². The number of carbonyl (C=O) groups is 1. The average molecular weight is 446 g/mol. The maximum Gasteiger partial charge on any atom is 0.307 e. The first-order valence-corrected chi connectivity index (χ1v) is 11.4. The topological polar surface area (TPSA) is 105 Å². The largest absolute Gasteiger partial charge is 0.481 e. The van der Waals surface area contributed by atoms with Crippen molar-refractivity contribution in [1.29, 1.82) is 0 Å². The van der Waals surface area contributed by atoms with E-state index in [4.69, 9.17) is 9.40 Å². The number of furan rings is 1. The highest BCUT2D eigenvalue weighted by atomic mass is 19.1. The van der Waals surface area contributed by atoms with Crippen LogP contribution in [0.3, 0.4) is 0 Å². The van der Waals surface area contributed by atoms with Crippen molar-refractivity contribution in [3.63, 3.8) is 0 Å². The number of nitrogens with zero attached hydrogens (tertiary/aromatic N) is 3. The minimum absolute atomic E-state index is 0.0376. The standard InChI is InChI=1S/C25H23FN4O3/c26-15-7-8-19-18(10-15)23(30-29-19)24-27-16(12-20(28-24)21-2-1-9-33-21)11-17-13-3-5-14(6-4-13)22(17)25(31)32/h1-2,7-10,12-14,17,22H,3-6,11H2,(H,29,30)(H,31,32). The van der Waals surface area contributed by atoms with Crippen LogP contribution in [-0.2, 0) is 11.2 Å². The van der Waals surface area contributed by atoms with E-state index >= 15 is 0 Å². The lowest BCUT2D eigenvalue weighted by Gasteiger charge is -2.46. The Morgan fingerprint density at radius 2 is 1.94 bits per heavy atom. The van der Waals surface area contributed by atoms with Crippen LogP contribution < -0.4 is 0 Å². The van der Waals surface area contributed by atoms with Gasteiger partial charge in [0, 0.05) is 11.1 Å². The van der Waals surface area contributed by atoms with Crippen molar-refractivity contribution in [2.24, 2.45) is 23.7 Å². The fraction of sp³-hybridized carbons (Fsp3) is 0.360. The second kappa shape index (κ2) is 7.79. The lowest BCUT2D eigenvalue weighted by Crippen LogP contribution is -2.45. The number of hydrogen-bond acceptors (Lipinski definition) is 5. The third kappa shape index (κ3) is 3.50. The lowest BCUT2D eigenvalue weighted by molar-refractivity contribution is -0.152. The fourth-order valence-electron chi connectivity index (χ4n) is 5.91. The molecule has 8 heteroatoms. The average Bonchev–Trinajstić information content (AvgIpc) is 3.49. The molecular weight excluding hydrogens is 423 g/mol. The number of aromatic amines is 1. The van der Waals surface area contributed by atoms with Gasteiger partial charge >= 0.3 is 5.97 Å². The summed E-state index contributed by atoms with van der Waals surface area (Å²) in [7, 11) is 0. The van der Waals surface area contributed by atoms with E-state index in [1.54, 1.807) is 18.4 Å². The van der Waals surface area contributed by atoms with Gasteiger partial charge in [0.15, 0.2) is 11.6 Å². The van der Waals surface area contributed by atoms with Gasteiger partial charge in [-0.3, -0.25) is 9.89 Å². The molecule has 0 radical (unpaired) electrons. The molecule has 7 rings (SSSR count). The van der Waals surface area contributed by atoms with Gasteiger partial charge in [-0.05, 0) is 86.3 Å². The van der Waals surface area contributed by atoms with Crippen molar-refractivity contribution in [3.05, 3.63) is 54.2 Å². The van der Waals surface area contributed by atoms with Crippen molar-refractivity contribution in [3.8, 4) is 23.0 Å². The van der Waals surface area contributed by atoms with Gasteiger partial charge in [-0.2, -0.15) is 5.10 Å². The molecule has 3 saturated carbocycles. The predicted molar refractivity (Wildman–Crippen MR) is 119 cm³/mol. The number of H-pyrrole nitrogens is 1. The van der Waals surface area contributed by atoms with Crippen LogP contribution in [0.2, 0.25) is 0 Å². The van der Waals surface area contributed by atoms with Gasteiger partial charge < -0.3 is 9.52 Å². The minimum atomic E-state index is -0.705. The fourth-order valence-corrected chi connectivity index (χ4v) is 5.91. The number of aliphatic carboxylic acids is 1. The molecule has 3 aromatic heterocycles. The number of rotatable bonds is 5. The summed E-state index contributed by atoms with van der Waals surface area (Å²) in [5, 5.41) is 17.8. The third-order valence-corrected chi connectivity index (χ3v) is 7.41. The summed E-state index contributed by atoms with van der Waals surface area (Å²) < 4.78 is 19.5. The first kappa shape index (κ1) is 20.1. The summed E-state index contributed by atoms with van der Waals surface area (Å²) in [4.78, 5) is 21.6. The molecule has 3 fully saturated rings. The molecular formula is C25H23FN4O3. The van der Waals surface area contributed by atoms with E-state index in [2.05, 4.69) is 15.2 Å². The highest BCUT2D eigenvalue weighted by Crippen LogP contribution is 2.50. The quantitative estimate of drug-likeness (QED) is 0.442. The SMILES string of the molecule is O=C(O)C1C2CCC(CC2)C1Cc1cc(-c2ccco2)nc(-c2n[nH]c3ccc(F)cc23)n1. The molecule has 3 aliphatic rings. The van der Waals surface area contributed by atoms with E-state index in [9.17, 15) is 14.3 Å². The summed E-state index contributed by atoms with van der Waals surface area (Å²) >= 11 is 0. The van der Waals surface area contributed by atoms with Crippen molar-refractivity contribution >= 4 is 16.9 Å². The molecule has 2 atom stereocenters. The zero-order chi connectivity index (χ0) is 22.5. The van der Waals surface area contributed by atoms with Crippen LogP contribution in [0, 0.1) is 29.5 Å². The molecule has 0 spiro atoms. The molecule has 3 aliphatic carbocycles. The Bertz CT molecular complexity index is 1320. The molecule has 2 unspecified atom stereocenters. The Morgan fingerprint density at radius 1 is 1.12 bits per heavy atom. The van der Waals surface area contributed by atoms with Crippen molar-refractivity contribution in [2.45, 2.75) is 32.1 Å². The van der Waals surface area contributed by atoms with Crippen LogP contribution in [-0.4, -0.2) is 31.2 Å². The van der Waals surface area contributed by atoms with Gasteiger partial charge in [0.1, 0.15) is 17.2 Å². The van der Waals surface area contributed by atoms with Crippen LogP contribution in [0.5, 0.6) is 0 Å². The Kier molecular flexibility index (Phi) is 4.74. The lowest BCUT2D eigenvalue weighted by atomic mass is 9.57. The molecule has 2 bridgehead atoms. The number of fused-ring (bicyclic) bond motifs is 4. The number of benzene rings is 1. The molecule has 1 aromatic carbocycles. The third-order valence-electron chi connectivity index (χ3n) is 7.41. The Hall–Kier alpha value is -3.55. The van der Waals surface area contributed by atoms with Crippen molar-refractivity contribution < 1.29 is 18.7 Å². The maximum atomic E-state index is 14.0. The summed E-state index contributed by atoms with van der Waals surface area (Å²) in [5.41, 5.74) is 2.50. The van der Waals surface area contributed by atoms with E-state index in [0.717, 1.165) is 31.4 Å². The van der Waals surface area contributed by atoms with Gasteiger partial charge in [0.2, 0.25) is 0 Å². The van der Waals surface area contributed by atoms with E-state index in [-0.39, 0.29) is 23.6 Å². The van der Waals surface area contributed by atoms with Crippen LogP contribution >= 0.6 is 0 Å². The number of hydrogen-bond donors (Lipinski definition) is 2. The number of aromatic nitrogens is 4. The van der Waals surface area contributed by atoms with Crippen LogP contribution in [0.25, 0.3) is 33.9 Å². The van der Waals surface area contributed by atoms with Gasteiger partial charge in [-0.15, -0.1) is 0 Å². The summed E-state index contributed by atoms with van der Waals surface area (Å²) in [6, 6.07) is 9.91. The monoisotopic (exact) mass is 446 g/mol. The highest BCUT2D eigenvalue weighted by molar-refractivity contribution is 5.91. The van der Waals surface area contributed by atoms with Gasteiger partial charge in [0.25, 0.3) is 0 Å². The smallest absolute Gasteiger partial charge is 0.307 e. The molecule has 2 N–H and O–H groups in total. The van der Waals surface area contributed by atoms with Crippen LogP contribution in [0.4, 0.5) is 4.39 Å². The zero-order valence-corrected chi connectivity index (χ0v) is 17.9. The van der Waals surface area contributed by atoms with Gasteiger partial charge in [0.05, 0.1) is 17.7 Å². The van der Waals surface area contributed by atoms with E-state index < -0.39 is 5.97 Å². The minimum Gasteiger partial charge on any atom is -0.481 e. The van der Waals surface area contributed by atoms with Gasteiger partial charge in [-0.1, -0.05) is 0 Å². The first-order valence-electron chi connectivity index (χ1n) is 11.4.